The molecule has 514 valence electrons. The van der Waals surface area contributed by atoms with Crippen molar-refractivity contribution in [2.24, 2.45) is 105 Å². The van der Waals surface area contributed by atoms with E-state index in [4.69, 9.17) is 18.9 Å². The van der Waals surface area contributed by atoms with Crippen molar-refractivity contribution in [3.63, 3.8) is 0 Å². The second-order valence-corrected chi connectivity index (χ2v) is 35.6. The van der Waals surface area contributed by atoms with Crippen molar-refractivity contribution in [2.45, 2.75) is 222 Å². The Bertz CT molecular complexity index is 3120. The third-order valence-electron chi connectivity index (χ3n) is 27.4. The standard InChI is InChI=1S/C41H61NO6S.C35H55NO6S/c1-7-33-37-24-30(43)18-21-41(37,4)36-19-22-40(3)34(16-17-35(40)38(36)39(33)44)27(2)20-23-49(45,46)42(25-28-8-12-31(47-5)13-9-28)26-29-10-14-32(48-6)15-11-29;1-7-27-31-20-26(42-23(3)37)14-17-35(31,5)30-15-18-34(4)28(12-13-29(34)32(30)33(27)38)22(2)16-19-43(39,40)36-21-24-8-10-25(41-6)11-9-24/h8-15,27,30,33-39,43-44H,7,16-26H2,1-6H3;8-11,22,26-33,36,38H,7,12-21H2,1-6H3/t27-,30-,33-,34-,35+,36+,37+,38+,39-,40-,41-;22-,26-,27-,28-,29+,30+,31+,32+,33-,34-,35-/m11/s1. The minimum Gasteiger partial charge on any atom is -0.497 e. The number of carbonyl (C=O) groups is 1. The normalized spacial score (nSPS) is 38.0. The van der Waals surface area contributed by atoms with Crippen LogP contribution in [-0.2, 0) is 49.2 Å². The Hall–Kier alpha value is -3.77. The highest BCUT2D eigenvalue weighted by atomic mass is 32.2. The van der Waals surface area contributed by atoms with Crippen molar-refractivity contribution in [1.82, 2.24) is 9.03 Å². The number of methoxy groups -OCH3 is 3. The van der Waals surface area contributed by atoms with Gasteiger partial charge in [0.25, 0.3) is 0 Å². The molecule has 0 bridgehead atoms. The number of carbonyl (C=O) groups excluding carboxylic acids is 1. The van der Waals surface area contributed by atoms with Gasteiger partial charge in [0, 0.05) is 26.6 Å². The maximum absolute atomic E-state index is 14.2. The highest BCUT2D eigenvalue weighted by Gasteiger charge is 2.67. The fourth-order valence-electron chi connectivity index (χ4n) is 22.5. The molecule has 0 radical (unpaired) electrons. The molecule has 0 spiro atoms. The van der Waals surface area contributed by atoms with Crippen molar-refractivity contribution in [3.05, 3.63) is 89.5 Å². The molecule has 0 unspecified atom stereocenters. The first-order valence-electron chi connectivity index (χ1n) is 35.7. The van der Waals surface area contributed by atoms with E-state index in [1.54, 1.807) is 25.6 Å². The Balaban J connectivity index is 0.000000203. The number of aliphatic hydroxyl groups is 3. The Labute approximate surface area is 554 Å². The summed E-state index contributed by atoms with van der Waals surface area (Å²) in [7, 11) is -2.09. The van der Waals surface area contributed by atoms with Crippen molar-refractivity contribution in [1.29, 1.82) is 0 Å². The Morgan fingerprint density at radius 1 is 0.543 bits per heavy atom. The van der Waals surface area contributed by atoms with Crippen LogP contribution in [0, 0.1) is 105 Å². The minimum atomic E-state index is -3.58. The summed E-state index contributed by atoms with van der Waals surface area (Å²) in [5.41, 5.74) is 3.33. The Morgan fingerprint density at radius 3 is 1.38 bits per heavy atom. The molecule has 0 amide bonds. The summed E-state index contributed by atoms with van der Waals surface area (Å²) in [6, 6.07) is 22.7. The molecule has 3 aromatic rings. The van der Waals surface area contributed by atoms with Gasteiger partial charge >= 0.3 is 5.97 Å². The average molecular weight is 1310 g/mol. The van der Waals surface area contributed by atoms with E-state index in [0.717, 1.165) is 137 Å². The van der Waals surface area contributed by atoms with Gasteiger partial charge < -0.3 is 34.3 Å². The van der Waals surface area contributed by atoms with Gasteiger partial charge in [0.1, 0.15) is 23.4 Å². The van der Waals surface area contributed by atoms with Crippen LogP contribution >= 0.6 is 0 Å². The van der Waals surface area contributed by atoms with E-state index >= 15 is 0 Å². The number of hydrogen-bond acceptors (Lipinski definition) is 12. The van der Waals surface area contributed by atoms with Gasteiger partial charge in [0.2, 0.25) is 20.0 Å². The van der Waals surface area contributed by atoms with E-state index in [9.17, 15) is 36.9 Å². The van der Waals surface area contributed by atoms with Crippen LogP contribution in [0.2, 0.25) is 0 Å². The lowest BCUT2D eigenvalue weighted by Crippen LogP contribution is -2.62. The molecule has 92 heavy (non-hydrogen) atoms. The number of nitrogens with zero attached hydrogens (tertiary/aromatic N) is 1. The molecule has 8 aliphatic rings. The maximum Gasteiger partial charge on any atom is 0.302 e. The molecule has 0 saturated heterocycles. The van der Waals surface area contributed by atoms with Crippen LogP contribution in [0.3, 0.4) is 0 Å². The smallest absolute Gasteiger partial charge is 0.302 e. The van der Waals surface area contributed by atoms with Gasteiger partial charge in [-0.25, -0.2) is 21.6 Å². The van der Waals surface area contributed by atoms with E-state index in [0.29, 0.717) is 91.0 Å². The van der Waals surface area contributed by atoms with Crippen LogP contribution in [0.1, 0.15) is 195 Å². The summed E-state index contributed by atoms with van der Waals surface area (Å²) in [6.45, 7) is 21.3. The molecule has 8 fully saturated rings. The lowest BCUT2D eigenvalue weighted by atomic mass is 9.41. The molecular formula is C76H116N2O12S2. The van der Waals surface area contributed by atoms with E-state index in [1.807, 2.05) is 72.8 Å². The van der Waals surface area contributed by atoms with Gasteiger partial charge in [-0.3, -0.25) is 4.79 Å². The van der Waals surface area contributed by atoms with Gasteiger partial charge in [-0.15, -0.1) is 0 Å². The van der Waals surface area contributed by atoms with Gasteiger partial charge in [0.05, 0.1) is 51.1 Å². The third-order valence-corrected chi connectivity index (χ3v) is 30.5. The number of hydrogen-bond donors (Lipinski definition) is 4. The van der Waals surface area contributed by atoms with Crippen LogP contribution in [0.5, 0.6) is 17.2 Å². The zero-order valence-electron chi connectivity index (χ0n) is 57.9. The molecule has 4 N–H and O–H groups in total. The van der Waals surface area contributed by atoms with Gasteiger partial charge in [0.15, 0.2) is 0 Å². The largest absolute Gasteiger partial charge is 0.497 e. The van der Waals surface area contributed by atoms with Crippen LogP contribution in [-0.4, -0.2) is 99.7 Å². The van der Waals surface area contributed by atoms with E-state index in [-0.39, 0.29) is 87.8 Å². The van der Waals surface area contributed by atoms with Crippen LogP contribution in [0.15, 0.2) is 72.8 Å². The first-order valence-corrected chi connectivity index (χ1v) is 39.0. The van der Waals surface area contributed by atoms with E-state index < -0.39 is 20.0 Å². The quantitative estimate of drug-likeness (QED) is 0.0696. The lowest BCUT2D eigenvalue weighted by molar-refractivity contribution is -0.207. The van der Waals surface area contributed by atoms with Crippen molar-refractivity contribution in [2.75, 3.05) is 32.8 Å². The number of sulfonamides is 2. The number of esters is 1. The molecular weight excluding hydrogens is 1200 g/mol. The van der Waals surface area contributed by atoms with Gasteiger partial charge in [-0.05, 0) is 260 Å². The number of benzene rings is 3. The second kappa shape index (κ2) is 28.7. The SMILES string of the molecule is CC[C@H]1[C@@H](O)[C@@H]2[C@H](CC[C@]3(C)[C@@H]([C@H](C)CCS(=O)(=O)N(Cc4ccc(OC)cc4)Cc4ccc(OC)cc4)CC[C@@H]23)[C@@]2(C)CC[C@@H](O)C[C@@H]12.CC[C@H]1[C@@H](O)[C@@H]2[C@H](CC[C@]3(C)[C@@H]([C@H](C)CCS(=O)(=O)NCc4ccc(OC)cc4)CC[C@@H]23)[C@@]2(C)CC[C@@H](OC(C)=O)C[C@@H]12. The second-order valence-electron chi connectivity index (χ2n) is 31.6. The molecule has 14 nitrogen and oxygen atoms in total. The van der Waals surface area contributed by atoms with E-state index in [1.165, 1.54) is 6.92 Å². The summed E-state index contributed by atoms with van der Waals surface area (Å²) in [6.07, 6.45) is 16.9. The fourth-order valence-corrected chi connectivity index (χ4v) is 25.4. The molecule has 16 heteroatoms. The van der Waals surface area contributed by atoms with Crippen LogP contribution in [0.4, 0.5) is 0 Å². The zero-order chi connectivity index (χ0) is 66.3. The van der Waals surface area contributed by atoms with Crippen LogP contribution in [0.25, 0.3) is 0 Å². The molecule has 11 rings (SSSR count). The van der Waals surface area contributed by atoms with Gasteiger partial charge in [-0.2, -0.15) is 4.31 Å². The number of ether oxygens (including phenoxy) is 4. The minimum absolute atomic E-state index is 0.0269. The van der Waals surface area contributed by atoms with Crippen molar-refractivity contribution < 1.29 is 55.9 Å². The molecule has 8 saturated carbocycles. The zero-order valence-corrected chi connectivity index (χ0v) is 59.5. The highest BCUT2D eigenvalue weighted by Crippen LogP contribution is 2.72. The first kappa shape index (κ1) is 71.0. The first-order chi connectivity index (χ1) is 43.7. The maximum atomic E-state index is 14.2. The Morgan fingerprint density at radius 2 is 0.946 bits per heavy atom. The van der Waals surface area contributed by atoms with Gasteiger partial charge in [-0.1, -0.05) is 105 Å². The van der Waals surface area contributed by atoms with Crippen LogP contribution < -0.4 is 18.9 Å². The molecule has 3 aromatic carbocycles. The topological polar surface area (TPSA) is 198 Å². The number of fused-ring (bicyclic) bond motifs is 10. The fraction of sp³-hybridized carbons (Fsp3) is 0.750. The predicted octanol–water partition coefficient (Wildman–Crippen LogP) is 14.0. The molecule has 0 aliphatic heterocycles. The number of nitrogens with one attached hydrogen (secondary N) is 1. The summed E-state index contributed by atoms with van der Waals surface area (Å²) in [5, 5.41) is 34.8. The third kappa shape index (κ3) is 14.2. The highest BCUT2D eigenvalue weighted by molar-refractivity contribution is 7.89. The molecule has 0 heterocycles. The lowest BCUT2D eigenvalue weighted by Gasteiger charge is -2.64. The molecule has 22 atom stereocenters. The summed E-state index contributed by atoms with van der Waals surface area (Å²) in [4.78, 5) is 11.7. The van der Waals surface area contributed by atoms with Crippen molar-refractivity contribution in [3.8, 4) is 17.2 Å². The molecule has 8 aliphatic carbocycles. The number of rotatable bonds is 22. The van der Waals surface area contributed by atoms with E-state index in [2.05, 4.69) is 60.1 Å². The Kier molecular flexibility index (Phi) is 22.2. The summed E-state index contributed by atoms with van der Waals surface area (Å²) >= 11 is 0. The summed E-state index contributed by atoms with van der Waals surface area (Å²) < 4.78 is 80.3. The average Bonchev–Trinajstić information content (AvgIpc) is 1.26. The predicted molar refractivity (Wildman–Crippen MR) is 363 cm³/mol. The monoisotopic (exact) mass is 1310 g/mol. The summed E-state index contributed by atoms with van der Waals surface area (Å²) in [5.74, 6) is 7.53. The number of aliphatic hydroxyl groups excluding tert-OH is 3. The van der Waals surface area contributed by atoms with Crippen molar-refractivity contribution >= 4 is 26.0 Å². The molecule has 0 aromatic heterocycles.